The molecular weight excluding hydrogens is 381 g/mol. The first-order valence-electron chi connectivity index (χ1n) is 10.1. The van der Waals surface area contributed by atoms with Crippen LogP contribution < -0.4 is 10.6 Å². The monoisotopic (exact) mass is 409 g/mol. The summed E-state index contributed by atoms with van der Waals surface area (Å²) < 4.78 is 12.9. The highest BCUT2D eigenvalue weighted by Gasteiger charge is 2.58. The van der Waals surface area contributed by atoms with Crippen molar-refractivity contribution in [3.63, 3.8) is 0 Å². The van der Waals surface area contributed by atoms with Crippen molar-refractivity contribution in [1.82, 2.24) is 15.5 Å². The summed E-state index contributed by atoms with van der Waals surface area (Å²) in [5, 5.41) is 6.32. The molecule has 0 bridgehead atoms. The van der Waals surface area contributed by atoms with Crippen LogP contribution in [0.5, 0.6) is 0 Å². The Kier molecular flexibility index (Phi) is 6.61. The molecule has 1 spiro atoms. The van der Waals surface area contributed by atoms with Crippen molar-refractivity contribution in [1.29, 1.82) is 0 Å². The number of likely N-dealkylation sites (tertiary alicyclic amines) is 1. The minimum Gasteiger partial charge on any atom is -0.352 e. The van der Waals surface area contributed by atoms with Gasteiger partial charge in [0.1, 0.15) is 5.82 Å². The second kappa shape index (κ2) is 8.78. The molecule has 28 heavy (non-hydrogen) atoms. The van der Waals surface area contributed by atoms with Gasteiger partial charge in [0.2, 0.25) is 11.8 Å². The van der Waals surface area contributed by atoms with Gasteiger partial charge in [0, 0.05) is 31.5 Å². The minimum atomic E-state index is -0.274. The molecule has 3 fully saturated rings. The van der Waals surface area contributed by atoms with Crippen LogP contribution in [-0.2, 0) is 16.1 Å². The summed E-state index contributed by atoms with van der Waals surface area (Å²) >= 11 is 0. The molecule has 2 saturated heterocycles. The van der Waals surface area contributed by atoms with Gasteiger partial charge in [0.05, 0.1) is 0 Å². The van der Waals surface area contributed by atoms with Crippen LogP contribution in [0.15, 0.2) is 24.3 Å². The maximum Gasteiger partial charge on any atom is 0.226 e. The smallest absolute Gasteiger partial charge is 0.226 e. The average molecular weight is 410 g/mol. The number of hydrogen-bond donors (Lipinski definition) is 2. The van der Waals surface area contributed by atoms with Gasteiger partial charge < -0.3 is 15.5 Å². The van der Waals surface area contributed by atoms with E-state index in [0.29, 0.717) is 25.5 Å². The van der Waals surface area contributed by atoms with Gasteiger partial charge in [-0.3, -0.25) is 9.59 Å². The second-order valence-corrected chi connectivity index (χ2v) is 8.31. The molecule has 0 aromatic heterocycles. The standard InChI is InChI=1S/C21H28FN3O2.ClH/c22-17-3-1-15(2-4-17)14-24-19(26)16-5-11-25(12-6-16)20(27)18-13-21(18)7-9-23-10-8-21;/h1-4,16,18,23H,5-14H2,(H,24,26);1H. The number of rotatable bonds is 4. The van der Waals surface area contributed by atoms with Gasteiger partial charge in [-0.25, -0.2) is 4.39 Å². The molecule has 2 heterocycles. The van der Waals surface area contributed by atoms with E-state index < -0.39 is 0 Å². The van der Waals surface area contributed by atoms with Gasteiger partial charge in [-0.05, 0) is 68.3 Å². The summed E-state index contributed by atoms with van der Waals surface area (Å²) in [7, 11) is 0. The van der Waals surface area contributed by atoms with Gasteiger partial charge in [0.15, 0.2) is 0 Å². The van der Waals surface area contributed by atoms with Crippen LogP contribution in [0.3, 0.4) is 0 Å². The van der Waals surface area contributed by atoms with Gasteiger partial charge in [-0.1, -0.05) is 12.1 Å². The Balaban J connectivity index is 0.00000225. The Hall–Kier alpha value is -1.66. The van der Waals surface area contributed by atoms with Crippen LogP contribution in [0.2, 0.25) is 0 Å². The Bertz CT molecular complexity index is 698. The zero-order chi connectivity index (χ0) is 18.9. The highest BCUT2D eigenvalue weighted by atomic mass is 35.5. The topological polar surface area (TPSA) is 61.4 Å². The first kappa shape index (κ1) is 21.1. The fourth-order valence-corrected chi connectivity index (χ4v) is 4.69. The van der Waals surface area contributed by atoms with Crippen molar-refractivity contribution < 1.29 is 14.0 Å². The van der Waals surface area contributed by atoms with E-state index in [9.17, 15) is 14.0 Å². The van der Waals surface area contributed by atoms with E-state index in [1.165, 1.54) is 12.1 Å². The molecule has 4 rings (SSSR count). The average Bonchev–Trinajstić information content (AvgIpc) is 3.40. The third-order valence-electron chi connectivity index (χ3n) is 6.64. The first-order chi connectivity index (χ1) is 13.1. The summed E-state index contributed by atoms with van der Waals surface area (Å²) in [5.41, 5.74) is 1.16. The summed E-state index contributed by atoms with van der Waals surface area (Å²) in [4.78, 5) is 27.2. The van der Waals surface area contributed by atoms with Gasteiger partial charge in [-0.2, -0.15) is 0 Å². The van der Waals surface area contributed by atoms with Gasteiger partial charge >= 0.3 is 0 Å². The fourth-order valence-electron chi connectivity index (χ4n) is 4.69. The summed E-state index contributed by atoms with van der Waals surface area (Å²) in [6.07, 6.45) is 4.73. The molecule has 154 valence electrons. The molecule has 1 atom stereocenters. The molecule has 1 unspecified atom stereocenters. The van der Waals surface area contributed by atoms with Crippen molar-refractivity contribution in [2.75, 3.05) is 26.2 Å². The number of amides is 2. The first-order valence-corrected chi connectivity index (χ1v) is 10.1. The third kappa shape index (κ3) is 4.49. The van der Waals surface area contributed by atoms with E-state index in [2.05, 4.69) is 10.6 Å². The van der Waals surface area contributed by atoms with Crippen LogP contribution in [-0.4, -0.2) is 42.9 Å². The van der Waals surface area contributed by atoms with Gasteiger partial charge in [-0.15, -0.1) is 12.4 Å². The predicted octanol–water partition coefficient (Wildman–Crippen LogP) is 2.49. The maximum absolute atomic E-state index is 12.9. The van der Waals surface area contributed by atoms with Crippen molar-refractivity contribution in [2.45, 2.75) is 38.6 Å². The Morgan fingerprint density at radius 1 is 1.14 bits per heavy atom. The van der Waals surface area contributed by atoms with Crippen LogP contribution in [0.1, 0.15) is 37.7 Å². The van der Waals surface area contributed by atoms with Crippen molar-refractivity contribution in [3.05, 3.63) is 35.6 Å². The fraction of sp³-hybridized carbons (Fsp3) is 0.619. The SMILES string of the molecule is Cl.O=C(NCc1ccc(F)cc1)C1CCN(C(=O)C2CC23CCNCC3)CC1. The normalized spacial score (nSPS) is 23.8. The minimum absolute atomic E-state index is 0. The molecule has 3 aliphatic rings. The van der Waals surface area contributed by atoms with E-state index >= 15 is 0 Å². The van der Waals surface area contributed by atoms with E-state index in [1.807, 2.05) is 4.90 Å². The van der Waals surface area contributed by atoms with Crippen molar-refractivity contribution >= 4 is 24.2 Å². The molecule has 1 saturated carbocycles. The molecule has 2 amide bonds. The van der Waals surface area contributed by atoms with E-state index in [0.717, 1.165) is 50.8 Å². The molecule has 1 aromatic rings. The molecule has 1 aliphatic carbocycles. The van der Waals surface area contributed by atoms with Crippen LogP contribution >= 0.6 is 12.4 Å². The largest absolute Gasteiger partial charge is 0.352 e. The lowest BCUT2D eigenvalue weighted by atomic mass is 9.90. The molecule has 7 heteroatoms. The van der Waals surface area contributed by atoms with E-state index in [4.69, 9.17) is 0 Å². The highest BCUT2D eigenvalue weighted by Crippen LogP contribution is 2.59. The second-order valence-electron chi connectivity index (χ2n) is 8.31. The number of piperidine rings is 2. The number of carbonyl (C=O) groups is 2. The van der Waals surface area contributed by atoms with Crippen LogP contribution in [0.25, 0.3) is 0 Å². The maximum atomic E-state index is 12.9. The lowest BCUT2D eigenvalue weighted by Gasteiger charge is -2.32. The summed E-state index contributed by atoms with van der Waals surface area (Å²) in [5.74, 6) is 0.240. The number of carbonyl (C=O) groups excluding carboxylic acids is 2. The Morgan fingerprint density at radius 2 is 1.79 bits per heavy atom. The Labute approximate surface area is 171 Å². The lowest BCUT2D eigenvalue weighted by molar-refractivity contribution is -0.137. The number of benzene rings is 1. The number of hydrogen-bond acceptors (Lipinski definition) is 3. The molecular formula is C21H29ClFN3O2. The molecule has 2 aliphatic heterocycles. The van der Waals surface area contributed by atoms with E-state index in [-0.39, 0.29) is 41.4 Å². The summed E-state index contributed by atoms with van der Waals surface area (Å²) in [6, 6.07) is 6.17. The molecule has 2 N–H and O–H groups in total. The quantitative estimate of drug-likeness (QED) is 0.803. The number of nitrogens with zero attached hydrogens (tertiary/aromatic N) is 1. The zero-order valence-electron chi connectivity index (χ0n) is 16.1. The lowest BCUT2D eigenvalue weighted by Crippen LogP contribution is -2.44. The van der Waals surface area contributed by atoms with Crippen LogP contribution in [0, 0.1) is 23.1 Å². The van der Waals surface area contributed by atoms with Gasteiger partial charge in [0.25, 0.3) is 0 Å². The summed E-state index contributed by atoms with van der Waals surface area (Å²) in [6.45, 7) is 3.83. The van der Waals surface area contributed by atoms with Crippen LogP contribution in [0.4, 0.5) is 4.39 Å². The highest BCUT2D eigenvalue weighted by molar-refractivity contribution is 5.85. The predicted molar refractivity (Wildman–Crippen MR) is 107 cm³/mol. The molecule has 1 aromatic carbocycles. The zero-order valence-corrected chi connectivity index (χ0v) is 16.9. The number of halogens is 2. The third-order valence-corrected chi connectivity index (χ3v) is 6.64. The number of nitrogens with one attached hydrogen (secondary N) is 2. The van der Waals surface area contributed by atoms with E-state index in [1.54, 1.807) is 12.1 Å². The van der Waals surface area contributed by atoms with Crippen molar-refractivity contribution in [2.24, 2.45) is 17.3 Å². The Morgan fingerprint density at radius 3 is 2.43 bits per heavy atom. The molecule has 5 nitrogen and oxygen atoms in total. The molecule has 0 radical (unpaired) electrons. The van der Waals surface area contributed by atoms with Crippen molar-refractivity contribution in [3.8, 4) is 0 Å².